The van der Waals surface area contributed by atoms with Crippen LogP contribution >= 0.6 is 23.2 Å². The molecule has 7 heteroatoms. The van der Waals surface area contributed by atoms with E-state index in [4.69, 9.17) is 27.9 Å². The van der Waals surface area contributed by atoms with Crippen molar-refractivity contribution < 1.29 is 14.5 Å². The Kier molecular flexibility index (Phi) is 5.47. The van der Waals surface area contributed by atoms with Crippen LogP contribution in [0.4, 0.5) is 5.69 Å². The van der Waals surface area contributed by atoms with Gasteiger partial charge in [-0.2, -0.15) is 0 Å². The molecule has 0 aliphatic rings. The molecule has 2 rings (SSSR count). The molecule has 2 aromatic carbocycles. The summed E-state index contributed by atoms with van der Waals surface area (Å²) in [6, 6.07) is 7.28. The Morgan fingerprint density at radius 1 is 1.17 bits per heavy atom. The lowest BCUT2D eigenvalue weighted by atomic mass is 9.95. The van der Waals surface area contributed by atoms with E-state index >= 15 is 0 Å². The number of nitrogens with zero attached hydrogens (tertiary/aromatic N) is 1. The number of nitro benzene ring substituents is 1. The highest BCUT2D eigenvalue weighted by Gasteiger charge is 2.22. The van der Waals surface area contributed by atoms with E-state index in [9.17, 15) is 14.9 Å². The monoisotopic (exact) mass is 367 g/mol. The molecule has 0 saturated heterocycles. The standard InChI is InChI=1S/C17H15Cl2NO4/c1-9(2)12-6-10(4-5-15(12)24-3)17(21)16-13(18)7-11(20(22)23)8-14(16)19/h4-9H,1-3H3. The van der Waals surface area contributed by atoms with Crippen LogP contribution < -0.4 is 4.74 Å². The molecule has 0 aromatic heterocycles. The number of carbonyl (C=O) groups excluding carboxylic acids is 1. The van der Waals surface area contributed by atoms with E-state index in [1.165, 1.54) is 0 Å². The lowest BCUT2D eigenvalue weighted by Crippen LogP contribution is -2.06. The molecule has 0 atom stereocenters. The maximum atomic E-state index is 12.8. The van der Waals surface area contributed by atoms with Crippen molar-refractivity contribution in [2.75, 3.05) is 7.11 Å². The van der Waals surface area contributed by atoms with Gasteiger partial charge in [-0.3, -0.25) is 14.9 Å². The summed E-state index contributed by atoms with van der Waals surface area (Å²) in [5.74, 6) is 0.433. The van der Waals surface area contributed by atoms with Crippen LogP contribution in [0.1, 0.15) is 41.3 Å². The first kappa shape index (κ1) is 18.2. The number of rotatable bonds is 5. The van der Waals surface area contributed by atoms with Crippen LogP contribution in [0.2, 0.25) is 10.0 Å². The molecule has 0 aliphatic carbocycles. The molecule has 0 saturated carbocycles. The maximum absolute atomic E-state index is 12.8. The fourth-order valence-electron chi connectivity index (χ4n) is 2.35. The van der Waals surface area contributed by atoms with E-state index in [1.807, 2.05) is 13.8 Å². The van der Waals surface area contributed by atoms with Crippen molar-refractivity contribution in [1.82, 2.24) is 0 Å². The van der Waals surface area contributed by atoms with Crippen molar-refractivity contribution in [3.8, 4) is 5.75 Å². The Morgan fingerprint density at radius 3 is 2.21 bits per heavy atom. The van der Waals surface area contributed by atoms with Crippen LogP contribution in [0.3, 0.4) is 0 Å². The first-order valence-corrected chi connectivity index (χ1v) is 7.88. The van der Waals surface area contributed by atoms with Gasteiger partial charge in [-0.25, -0.2) is 0 Å². The quantitative estimate of drug-likeness (QED) is 0.410. The largest absolute Gasteiger partial charge is 0.496 e. The summed E-state index contributed by atoms with van der Waals surface area (Å²) in [5.41, 5.74) is 1.04. The van der Waals surface area contributed by atoms with Crippen LogP contribution in [0, 0.1) is 10.1 Å². The van der Waals surface area contributed by atoms with E-state index in [1.54, 1.807) is 25.3 Å². The van der Waals surface area contributed by atoms with Crippen LogP contribution in [0.5, 0.6) is 5.75 Å². The van der Waals surface area contributed by atoms with Crippen LogP contribution in [0.15, 0.2) is 30.3 Å². The molecule has 126 valence electrons. The van der Waals surface area contributed by atoms with Crippen molar-refractivity contribution in [3.63, 3.8) is 0 Å². The lowest BCUT2D eigenvalue weighted by Gasteiger charge is -2.14. The Balaban J connectivity index is 2.54. The number of hydrogen-bond acceptors (Lipinski definition) is 4. The minimum Gasteiger partial charge on any atom is -0.496 e. The van der Waals surface area contributed by atoms with Crippen molar-refractivity contribution in [2.24, 2.45) is 0 Å². The number of halogens is 2. The van der Waals surface area contributed by atoms with Gasteiger partial charge in [0.05, 0.1) is 27.6 Å². The van der Waals surface area contributed by atoms with Gasteiger partial charge in [-0.1, -0.05) is 37.0 Å². The molecule has 2 aromatic rings. The van der Waals surface area contributed by atoms with Gasteiger partial charge in [0.15, 0.2) is 5.78 Å². The normalized spacial score (nSPS) is 10.8. The Labute approximate surface area is 149 Å². The van der Waals surface area contributed by atoms with Crippen LogP contribution in [0.25, 0.3) is 0 Å². The number of hydrogen-bond donors (Lipinski definition) is 0. The molecular formula is C17H15Cl2NO4. The minimum absolute atomic E-state index is 0.0452. The van der Waals surface area contributed by atoms with Crippen LogP contribution in [-0.4, -0.2) is 17.8 Å². The van der Waals surface area contributed by atoms with Crippen LogP contribution in [-0.2, 0) is 0 Å². The summed E-state index contributed by atoms with van der Waals surface area (Å²) in [5, 5.41) is 10.7. The molecule has 0 amide bonds. The second kappa shape index (κ2) is 7.20. The average molecular weight is 368 g/mol. The summed E-state index contributed by atoms with van der Waals surface area (Å²) in [4.78, 5) is 23.0. The zero-order chi connectivity index (χ0) is 18.0. The van der Waals surface area contributed by atoms with E-state index in [2.05, 4.69) is 0 Å². The van der Waals surface area contributed by atoms with Crippen molar-refractivity contribution in [3.05, 3.63) is 67.2 Å². The van der Waals surface area contributed by atoms with Gasteiger partial charge in [-0.05, 0) is 29.7 Å². The summed E-state index contributed by atoms with van der Waals surface area (Å²) < 4.78 is 5.30. The third-order valence-corrected chi connectivity index (χ3v) is 4.17. The number of carbonyl (C=O) groups is 1. The highest BCUT2D eigenvalue weighted by atomic mass is 35.5. The number of benzene rings is 2. The fraction of sp³-hybridized carbons (Fsp3) is 0.235. The topological polar surface area (TPSA) is 69.4 Å². The average Bonchev–Trinajstić information content (AvgIpc) is 2.53. The molecule has 0 N–H and O–H groups in total. The third kappa shape index (κ3) is 3.52. The first-order chi connectivity index (χ1) is 11.3. The van der Waals surface area contributed by atoms with Gasteiger partial charge in [0.2, 0.25) is 0 Å². The third-order valence-electron chi connectivity index (χ3n) is 3.58. The van der Waals surface area contributed by atoms with Crippen molar-refractivity contribution in [2.45, 2.75) is 19.8 Å². The second-order valence-electron chi connectivity index (χ2n) is 5.48. The van der Waals surface area contributed by atoms with Crippen molar-refractivity contribution >= 4 is 34.7 Å². The summed E-state index contributed by atoms with van der Waals surface area (Å²) in [6.07, 6.45) is 0. The molecule has 0 heterocycles. The van der Waals surface area contributed by atoms with Gasteiger partial charge in [-0.15, -0.1) is 0 Å². The fourth-order valence-corrected chi connectivity index (χ4v) is 3.00. The first-order valence-electron chi connectivity index (χ1n) is 7.12. The molecule has 5 nitrogen and oxygen atoms in total. The minimum atomic E-state index is -0.615. The molecule has 0 unspecified atom stereocenters. The zero-order valence-corrected chi connectivity index (χ0v) is 14.8. The van der Waals surface area contributed by atoms with Gasteiger partial charge in [0, 0.05) is 17.7 Å². The van der Waals surface area contributed by atoms with E-state index in [-0.39, 0.29) is 27.2 Å². The highest BCUT2D eigenvalue weighted by Crippen LogP contribution is 2.34. The summed E-state index contributed by atoms with van der Waals surface area (Å²) in [6.45, 7) is 3.97. The smallest absolute Gasteiger partial charge is 0.272 e. The SMILES string of the molecule is COc1ccc(C(=O)c2c(Cl)cc([N+](=O)[O-])cc2Cl)cc1C(C)C. The molecule has 0 aliphatic heterocycles. The van der Waals surface area contributed by atoms with Gasteiger partial charge >= 0.3 is 0 Å². The summed E-state index contributed by atoms with van der Waals surface area (Å²) in [7, 11) is 1.56. The predicted molar refractivity (Wildman–Crippen MR) is 93.6 cm³/mol. The summed E-state index contributed by atoms with van der Waals surface area (Å²) >= 11 is 12.1. The van der Waals surface area contributed by atoms with E-state index in [0.29, 0.717) is 11.3 Å². The van der Waals surface area contributed by atoms with Gasteiger partial charge < -0.3 is 4.74 Å². The Hall–Kier alpha value is -2.11. The molecular weight excluding hydrogens is 353 g/mol. The van der Waals surface area contributed by atoms with Gasteiger partial charge in [0.1, 0.15) is 5.75 Å². The Morgan fingerprint density at radius 2 is 1.75 bits per heavy atom. The molecule has 24 heavy (non-hydrogen) atoms. The molecule has 0 spiro atoms. The maximum Gasteiger partial charge on any atom is 0.272 e. The Bertz CT molecular complexity index is 795. The number of ketones is 1. The highest BCUT2D eigenvalue weighted by molar-refractivity contribution is 6.41. The number of nitro groups is 1. The molecule has 0 fully saturated rings. The number of methoxy groups -OCH3 is 1. The zero-order valence-electron chi connectivity index (χ0n) is 13.3. The van der Waals surface area contributed by atoms with Crippen molar-refractivity contribution in [1.29, 1.82) is 0 Å². The lowest BCUT2D eigenvalue weighted by molar-refractivity contribution is -0.384. The van der Waals surface area contributed by atoms with E-state index < -0.39 is 10.7 Å². The molecule has 0 radical (unpaired) electrons. The molecule has 0 bridgehead atoms. The number of ether oxygens (including phenoxy) is 1. The van der Waals surface area contributed by atoms with E-state index in [0.717, 1.165) is 17.7 Å². The second-order valence-corrected chi connectivity index (χ2v) is 6.30. The number of non-ortho nitro benzene ring substituents is 1. The predicted octanol–water partition coefficient (Wildman–Crippen LogP) is 5.26. The van der Waals surface area contributed by atoms with Gasteiger partial charge in [0.25, 0.3) is 5.69 Å².